The predicted octanol–water partition coefficient (Wildman–Crippen LogP) is 2.73. The van der Waals surface area contributed by atoms with Crippen LogP contribution < -0.4 is 5.32 Å². The molecule has 82 valence electrons. The zero-order valence-corrected chi connectivity index (χ0v) is 9.76. The largest absolute Gasteiger partial charge is 0.391 e. The maximum absolute atomic E-state index is 9.68. The summed E-state index contributed by atoms with van der Waals surface area (Å²) >= 11 is 1.74. The Hall–Kier alpha value is -0.670. The molecule has 1 aromatic carbocycles. The molecule has 2 rings (SSSR count). The summed E-state index contributed by atoms with van der Waals surface area (Å²) in [5.74, 6) is 0. The Morgan fingerprint density at radius 3 is 2.53 bits per heavy atom. The third-order valence-corrected chi connectivity index (χ3v) is 3.67. The molecule has 0 aliphatic heterocycles. The van der Waals surface area contributed by atoms with Gasteiger partial charge < -0.3 is 10.4 Å². The van der Waals surface area contributed by atoms with Crippen LogP contribution in [0.4, 0.5) is 5.69 Å². The van der Waals surface area contributed by atoms with Gasteiger partial charge in [0.1, 0.15) is 0 Å². The SMILES string of the molecule is CSc1ccc(NC2CCCC2O)cc1. The van der Waals surface area contributed by atoms with E-state index in [1.807, 2.05) is 0 Å². The monoisotopic (exact) mass is 223 g/mol. The number of anilines is 1. The van der Waals surface area contributed by atoms with E-state index in [-0.39, 0.29) is 12.1 Å². The van der Waals surface area contributed by atoms with Crippen LogP contribution in [0.3, 0.4) is 0 Å². The molecule has 1 fully saturated rings. The van der Waals surface area contributed by atoms with Crippen molar-refractivity contribution in [1.82, 2.24) is 0 Å². The Balaban J connectivity index is 1.98. The molecular weight excluding hydrogens is 206 g/mol. The molecule has 0 amide bonds. The van der Waals surface area contributed by atoms with Gasteiger partial charge in [0.2, 0.25) is 0 Å². The lowest BCUT2D eigenvalue weighted by molar-refractivity contribution is 0.172. The highest BCUT2D eigenvalue weighted by Crippen LogP contribution is 2.24. The molecule has 1 saturated carbocycles. The molecule has 0 heterocycles. The summed E-state index contributed by atoms with van der Waals surface area (Å²) in [4.78, 5) is 1.27. The first-order valence-electron chi connectivity index (χ1n) is 5.38. The van der Waals surface area contributed by atoms with Gasteiger partial charge in [-0.05, 0) is 49.8 Å². The van der Waals surface area contributed by atoms with E-state index in [1.165, 1.54) is 4.90 Å². The van der Waals surface area contributed by atoms with Crippen LogP contribution in [0.15, 0.2) is 29.2 Å². The first kappa shape index (κ1) is 10.8. The Labute approximate surface area is 95.1 Å². The lowest BCUT2D eigenvalue weighted by Crippen LogP contribution is -2.27. The molecule has 2 unspecified atom stereocenters. The van der Waals surface area contributed by atoms with Crippen LogP contribution in [0, 0.1) is 0 Å². The number of thioether (sulfide) groups is 1. The van der Waals surface area contributed by atoms with Crippen LogP contribution in [0.5, 0.6) is 0 Å². The third-order valence-electron chi connectivity index (χ3n) is 2.92. The van der Waals surface area contributed by atoms with Gasteiger partial charge in [-0.2, -0.15) is 0 Å². The van der Waals surface area contributed by atoms with E-state index in [4.69, 9.17) is 0 Å². The van der Waals surface area contributed by atoms with E-state index >= 15 is 0 Å². The summed E-state index contributed by atoms with van der Waals surface area (Å²) in [7, 11) is 0. The standard InChI is InChI=1S/C12H17NOS/c1-15-10-7-5-9(6-8-10)13-11-3-2-4-12(11)14/h5-8,11-14H,2-4H2,1H3. The van der Waals surface area contributed by atoms with Gasteiger partial charge in [-0.3, -0.25) is 0 Å². The number of aliphatic hydroxyl groups excluding tert-OH is 1. The molecule has 2 atom stereocenters. The average molecular weight is 223 g/mol. The van der Waals surface area contributed by atoms with Gasteiger partial charge in [0.05, 0.1) is 12.1 Å². The fourth-order valence-corrected chi connectivity index (χ4v) is 2.42. The average Bonchev–Trinajstić information content (AvgIpc) is 2.66. The summed E-state index contributed by atoms with van der Waals surface area (Å²) in [6.07, 6.45) is 5.03. The Morgan fingerprint density at radius 1 is 1.27 bits per heavy atom. The van der Waals surface area contributed by atoms with Gasteiger partial charge in [0, 0.05) is 10.6 Å². The van der Waals surface area contributed by atoms with E-state index < -0.39 is 0 Å². The molecule has 2 N–H and O–H groups in total. The van der Waals surface area contributed by atoms with Crippen molar-refractivity contribution in [2.45, 2.75) is 36.3 Å². The Morgan fingerprint density at radius 2 is 2.00 bits per heavy atom. The van der Waals surface area contributed by atoms with Crippen molar-refractivity contribution in [1.29, 1.82) is 0 Å². The summed E-state index contributed by atoms with van der Waals surface area (Å²) in [5, 5.41) is 13.1. The second-order valence-electron chi connectivity index (χ2n) is 3.98. The quantitative estimate of drug-likeness (QED) is 0.773. The number of aliphatic hydroxyl groups is 1. The van der Waals surface area contributed by atoms with Crippen LogP contribution in [0.1, 0.15) is 19.3 Å². The Bertz CT molecular complexity index is 312. The predicted molar refractivity (Wildman–Crippen MR) is 65.5 cm³/mol. The lowest BCUT2D eigenvalue weighted by Gasteiger charge is -2.17. The number of benzene rings is 1. The number of nitrogens with one attached hydrogen (secondary N) is 1. The van der Waals surface area contributed by atoms with Gasteiger partial charge in [-0.1, -0.05) is 0 Å². The van der Waals surface area contributed by atoms with Crippen LogP contribution in [-0.2, 0) is 0 Å². The zero-order valence-electron chi connectivity index (χ0n) is 8.94. The molecule has 0 saturated heterocycles. The molecule has 2 nitrogen and oxygen atoms in total. The molecule has 1 aromatic rings. The van der Waals surface area contributed by atoms with Gasteiger partial charge in [-0.15, -0.1) is 11.8 Å². The van der Waals surface area contributed by atoms with Crippen molar-refractivity contribution in [2.24, 2.45) is 0 Å². The highest BCUT2D eigenvalue weighted by molar-refractivity contribution is 7.98. The second-order valence-corrected chi connectivity index (χ2v) is 4.86. The number of rotatable bonds is 3. The summed E-state index contributed by atoms with van der Waals surface area (Å²) in [6.45, 7) is 0. The molecule has 1 aliphatic carbocycles. The van der Waals surface area contributed by atoms with Gasteiger partial charge >= 0.3 is 0 Å². The minimum absolute atomic E-state index is 0.176. The minimum Gasteiger partial charge on any atom is -0.391 e. The summed E-state index contributed by atoms with van der Waals surface area (Å²) < 4.78 is 0. The zero-order chi connectivity index (χ0) is 10.7. The molecular formula is C12H17NOS. The minimum atomic E-state index is -0.176. The van der Waals surface area contributed by atoms with E-state index in [2.05, 4.69) is 35.8 Å². The first-order valence-corrected chi connectivity index (χ1v) is 6.61. The first-order chi connectivity index (χ1) is 7.29. The molecule has 0 spiro atoms. The van der Waals surface area contributed by atoms with Crippen molar-refractivity contribution in [3.05, 3.63) is 24.3 Å². The van der Waals surface area contributed by atoms with Crippen molar-refractivity contribution >= 4 is 17.4 Å². The molecule has 15 heavy (non-hydrogen) atoms. The van der Waals surface area contributed by atoms with Gasteiger partial charge in [0.15, 0.2) is 0 Å². The molecule has 0 aromatic heterocycles. The van der Waals surface area contributed by atoms with Crippen LogP contribution >= 0.6 is 11.8 Å². The maximum Gasteiger partial charge on any atom is 0.0741 e. The van der Waals surface area contributed by atoms with Crippen molar-refractivity contribution < 1.29 is 5.11 Å². The van der Waals surface area contributed by atoms with E-state index in [9.17, 15) is 5.11 Å². The van der Waals surface area contributed by atoms with Crippen molar-refractivity contribution in [2.75, 3.05) is 11.6 Å². The van der Waals surface area contributed by atoms with Crippen LogP contribution in [0.2, 0.25) is 0 Å². The smallest absolute Gasteiger partial charge is 0.0741 e. The van der Waals surface area contributed by atoms with Gasteiger partial charge in [-0.25, -0.2) is 0 Å². The van der Waals surface area contributed by atoms with E-state index in [1.54, 1.807) is 11.8 Å². The van der Waals surface area contributed by atoms with Crippen LogP contribution in [-0.4, -0.2) is 23.5 Å². The fraction of sp³-hybridized carbons (Fsp3) is 0.500. The highest BCUT2D eigenvalue weighted by atomic mass is 32.2. The normalized spacial score (nSPS) is 25.5. The van der Waals surface area contributed by atoms with Crippen molar-refractivity contribution in [3.8, 4) is 0 Å². The Kier molecular flexibility index (Phi) is 3.54. The molecule has 0 bridgehead atoms. The van der Waals surface area contributed by atoms with Crippen LogP contribution in [0.25, 0.3) is 0 Å². The molecule has 1 aliphatic rings. The van der Waals surface area contributed by atoms with E-state index in [0.717, 1.165) is 24.9 Å². The summed E-state index contributed by atoms with van der Waals surface area (Å²) in [6, 6.07) is 8.61. The third kappa shape index (κ3) is 2.67. The van der Waals surface area contributed by atoms with Crippen molar-refractivity contribution in [3.63, 3.8) is 0 Å². The maximum atomic E-state index is 9.68. The summed E-state index contributed by atoms with van der Waals surface area (Å²) in [5.41, 5.74) is 1.11. The number of hydrogen-bond acceptors (Lipinski definition) is 3. The topological polar surface area (TPSA) is 32.3 Å². The lowest BCUT2D eigenvalue weighted by atomic mass is 10.2. The fourth-order valence-electron chi connectivity index (χ4n) is 2.01. The van der Waals surface area contributed by atoms with Gasteiger partial charge in [0.25, 0.3) is 0 Å². The van der Waals surface area contributed by atoms with E-state index in [0.29, 0.717) is 0 Å². The molecule has 3 heteroatoms. The molecule has 0 radical (unpaired) electrons. The number of hydrogen-bond donors (Lipinski definition) is 2. The highest BCUT2D eigenvalue weighted by Gasteiger charge is 2.24. The second kappa shape index (κ2) is 4.90.